The van der Waals surface area contributed by atoms with Crippen molar-refractivity contribution in [1.82, 2.24) is 10.6 Å². The summed E-state index contributed by atoms with van der Waals surface area (Å²) in [5, 5.41) is 25.5. The summed E-state index contributed by atoms with van der Waals surface area (Å²) in [6.07, 6.45) is 2.34. The van der Waals surface area contributed by atoms with E-state index in [0.29, 0.717) is 38.1 Å². The molecule has 2 amide bonds. The van der Waals surface area contributed by atoms with Gasteiger partial charge in [0, 0.05) is 24.7 Å². The lowest BCUT2D eigenvalue weighted by atomic mass is 9.71. The van der Waals surface area contributed by atoms with Crippen molar-refractivity contribution in [2.45, 2.75) is 35.5 Å². The minimum atomic E-state index is -0.904. The number of hydrogen-bond acceptors (Lipinski definition) is 18. The van der Waals surface area contributed by atoms with Gasteiger partial charge in [0.2, 0.25) is 13.2 Å². The second-order valence-electron chi connectivity index (χ2n) is 9.97. The summed E-state index contributed by atoms with van der Waals surface area (Å²) in [5.74, 6) is 5.73. The first-order chi connectivity index (χ1) is 24.8. The number of nitrogens with one attached hydrogen (secondary N) is 2. The average molecular weight is 807 g/mol. The maximum atomic E-state index is 12.2. The van der Waals surface area contributed by atoms with Crippen LogP contribution in [-0.2, 0) is 33.2 Å². The quantitative estimate of drug-likeness (QED) is 0.0211. The topological polar surface area (TPSA) is 210 Å². The molecule has 1 aromatic carbocycles. The van der Waals surface area contributed by atoms with Crippen molar-refractivity contribution in [3.8, 4) is 22.9 Å². The second-order valence-corrected chi connectivity index (χ2v) is 15.9. The standard InChI is InChI=1S/C30H43BN4O11S5/c1-47-50-27(17-42-22-6-3-5-21(13-22)29(38)35-10-8-32)41-12-11-40-16-26(37)34-9-4-7-31-25-14-23(24(15-36)45-25)46-28(51-48-2)18-43-30(39)44-20-49-19-33/h3,5-6,13,23-25,27-28,31,36H,8-12,14-18,20,32H2,1-2H3,(H,34,37)(H,35,38)/t23-,24?,25-,27?,28-/m1/s1. The summed E-state index contributed by atoms with van der Waals surface area (Å²) in [6, 6.07) is 6.57. The van der Waals surface area contributed by atoms with Crippen LogP contribution in [0.1, 0.15) is 16.8 Å². The molecule has 0 aromatic heterocycles. The van der Waals surface area contributed by atoms with Crippen molar-refractivity contribution >= 4 is 80.2 Å². The number of rotatable bonds is 25. The Labute approximate surface area is 318 Å². The smallest absolute Gasteiger partial charge is 0.490 e. The Bertz CT molecular complexity index is 1290. The number of thioether (sulfide) groups is 1. The molecule has 2 unspecified atom stereocenters. The first-order valence-electron chi connectivity index (χ1n) is 15.6. The van der Waals surface area contributed by atoms with Gasteiger partial charge in [0.25, 0.3) is 5.91 Å². The summed E-state index contributed by atoms with van der Waals surface area (Å²) in [6.45, 7) is 1.07. The second kappa shape index (κ2) is 28.4. The van der Waals surface area contributed by atoms with E-state index >= 15 is 0 Å². The Balaban J connectivity index is 1.64. The predicted octanol–water partition coefficient (Wildman–Crippen LogP) is 1.79. The average Bonchev–Trinajstić information content (AvgIpc) is 3.52. The largest absolute Gasteiger partial charge is 0.509 e. The molecule has 21 heteroatoms. The fourth-order valence-corrected chi connectivity index (χ4v) is 7.29. The normalized spacial score (nSPS) is 17.6. The fourth-order valence-electron chi connectivity index (χ4n) is 4.15. The van der Waals surface area contributed by atoms with E-state index in [1.165, 1.54) is 43.2 Å². The third kappa shape index (κ3) is 20.0. The molecule has 15 nitrogen and oxygen atoms in total. The maximum Gasteiger partial charge on any atom is 0.509 e. The number of aliphatic hydroxyl groups excluding tert-OH is 1. The Hall–Kier alpha value is -2.15. The van der Waals surface area contributed by atoms with Crippen LogP contribution in [0, 0.1) is 22.4 Å². The fraction of sp³-hybridized carbons (Fsp3) is 0.600. The van der Waals surface area contributed by atoms with Gasteiger partial charge >= 0.3 is 6.16 Å². The van der Waals surface area contributed by atoms with Gasteiger partial charge in [-0.25, -0.2) is 4.79 Å². The Kier molecular flexibility index (Phi) is 25.0. The Morgan fingerprint density at radius 1 is 1.14 bits per heavy atom. The van der Waals surface area contributed by atoms with E-state index in [1.54, 1.807) is 29.7 Å². The SMILES string of the molecule is CSSC(COc1cccc(C(=O)NCCN)c1)OCCOCC(=O)NCC#CB[C@H]1C[C@@H](O[C@@H](COC(=O)OCSC#N)SSC)C(CO)O1. The monoisotopic (exact) mass is 806 g/mol. The third-order valence-corrected chi connectivity index (χ3v) is 10.5. The zero-order chi connectivity index (χ0) is 37.1. The first kappa shape index (κ1) is 45.0. The number of ether oxygens (including phenoxy) is 7. The van der Waals surface area contributed by atoms with Crippen LogP contribution >= 0.6 is 54.9 Å². The van der Waals surface area contributed by atoms with Gasteiger partial charge in [-0.1, -0.05) is 55.2 Å². The van der Waals surface area contributed by atoms with Crippen molar-refractivity contribution in [3.05, 3.63) is 29.8 Å². The van der Waals surface area contributed by atoms with Gasteiger partial charge in [0.15, 0.2) is 5.94 Å². The van der Waals surface area contributed by atoms with Gasteiger partial charge in [-0.15, -0.1) is 0 Å². The molecule has 282 valence electrons. The summed E-state index contributed by atoms with van der Waals surface area (Å²) in [4.78, 5) is 36.0. The van der Waals surface area contributed by atoms with Crippen molar-refractivity contribution in [2.24, 2.45) is 5.73 Å². The van der Waals surface area contributed by atoms with E-state index in [1.807, 2.05) is 12.5 Å². The minimum Gasteiger partial charge on any atom is -0.490 e. The molecule has 1 aromatic rings. The van der Waals surface area contributed by atoms with Crippen LogP contribution in [0.5, 0.6) is 5.75 Å². The van der Waals surface area contributed by atoms with Crippen LogP contribution in [0.15, 0.2) is 24.3 Å². The minimum absolute atomic E-state index is 0.0842. The lowest BCUT2D eigenvalue weighted by molar-refractivity contribution is -0.126. The number of nitrogens with two attached hydrogens (primary N) is 1. The molecular weight excluding hydrogens is 763 g/mol. The van der Waals surface area contributed by atoms with Crippen LogP contribution in [0.25, 0.3) is 0 Å². The van der Waals surface area contributed by atoms with E-state index in [9.17, 15) is 19.5 Å². The molecule has 1 aliphatic heterocycles. The van der Waals surface area contributed by atoms with Gasteiger partial charge in [-0.05, 0) is 48.9 Å². The summed E-state index contributed by atoms with van der Waals surface area (Å²) >= 11 is 0.773. The number of benzene rings is 1. The molecule has 0 bridgehead atoms. The number of carbonyl (C=O) groups is 3. The molecule has 1 fully saturated rings. The van der Waals surface area contributed by atoms with Crippen molar-refractivity contribution in [3.63, 3.8) is 0 Å². The predicted molar refractivity (Wildman–Crippen MR) is 204 cm³/mol. The van der Waals surface area contributed by atoms with Gasteiger partial charge < -0.3 is 54.6 Å². The highest BCUT2D eigenvalue weighted by Gasteiger charge is 2.37. The zero-order valence-electron chi connectivity index (χ0n) is 28.3. The van der Waals surface area contributed by atoms with Crippen LogP contribution < -0.4 is 21.1 Å². The van der Waals surface area contributed by atoms with E-state index in [-0.39, 0.29) is 75.4 Å². The summed E-state index contributed by atoms with van der Waals surface area (Å²) in [5.41, 5.74) is 5.08. The van der Waals surface area contributed by atoms with Crippen molar-refractivity contribution in [1.29, 1.82) is 5.26 Å². The van der Waals surface area contributed by atoms with Crippen LogP contribution in [0.4, 0.5) is 4.79 Å². The highest BCUT2D eigenvalue weighted by molar-refractivity contribution is 8.76. The number of nitriles is 1. The number of thiocyanates is 1. The van der Waals surface area contributed by atoms with Gasteiger partial charge in [-0.2, -0.15) is 11.1 Å². The molecule has 0 spiro atoms. The highest BCUT2D eigenvalue weighted by Crippen LogP contribution is 2.31. The van der Waals surface area contributed by atoms with Crippen molar-refractivity contribution < 1.29 is 52.6 Å². The lowest BCUT2D eigenvalue weighted by Crippen LogP contribution is -2.32. The van der Waals surface area contributed by atoms with Gasteiger partial charge in [0.05, 0.1) is 32.5 Å². The maximum absolute atomic E-state index is 12.2. The summed E-state index contributed by atoms with van der Waals surface area (Å²) in [7, 11) is 6.16. The van der Waals surface area contributed by atoms with E-state index in [2.05, 4.69) is 22.4 Å². The first-order valence-corrected chi connectivity index (χ1v) is 21.8. The molecule has 5 N–H and O–H groups in total. The number of hydrogen-bond donors (Lipinski definition) is 4. The number of amides is 2. The molecule has 1 aliphatic rings. The zero-order valence-corrected chi connectivity index (χ0v) is 32.4. The number of nitrogens with zero attached hydrogens (tertiary/aromatic N) is 1. The Morgan fingerprint density at radius 2 is 1.94 bits per heavy atom. The van der Waals surface area contributed by atoms with Crippen LogP contribution in [-0.4, -0.2) is 137 Å². The molecule has 1 saturated heterocycles. The molecule has 1 heterocycles. The van der Waals surface area contributed by atoms with Crippen LogP contribution in [0.2, 0.25) is 0 Å². The van der Waals surface area contributed by atoms with Gasteiger partial charge in [-0.3, -0.25) is 9.59 Å². The summed E-state index contributed by atoms with van der Waals surface area (Å²) < 4.78 is 38.9. The molecule has 0 saturated carbocycles. The molecule has 51 heavy (non-hydrogen) atoms. The van der Waals surface area contributed by atoms with Crippen LogP contribution in [0.3, 0.4) is 0 Å². The highest BCUT2D eigenvalue weighted by atomic mass is 33.1. The molecular formula is C30H43BN4O11S5. The molecule has 2 rings (SSSR count). The lowest BCUT2D eigenvalue weighted by Gasteiger charge is -2.23. The molecule has 0 radical (unpaired) electrons. The number of carbonyl (C=O) groups excluding carboxylic acids is 3. The number of aliphatic hydroxyl groups is 1. The van der Waals surface area contributed by atoms with E-state index in [4.69, 9.17) is 44.2 Å². The molecule has 0 aliphatic carbocycles. The Morgan fingerprint density at radius 3 is 2.69 bits per heavy atom. The van der Waals surface area contributed by atoms with E-state index in [0.717, 1.165) is 11.8 Å². The van der Waals surface area contributed by atoms with Gasteiger partial charge in [0.1, 0.15) is 47.9 Å². The van der Waals surface area contributed by atoms with E-state index < -0.39 is 23.8 Å². The molecule has 5 atom stereocenters. The van der Waals surface area contributed by atoms with Crippen molar-refractivity contribution in [2.75, 3.05) is 77.7 Å². The third-order valence-electron chi connectivity index (χ3n) is 6.33.